The number of hydrogen-bond donors (Lipinski definition) is 1. The Labute approximate surface area is 91.2 Å². The fourth-order valence-corrected chi connectivity index (χ4v) is 1.75. The van der Waals surface area contributed by atoms with E-state index in [2.05, 4.69) is 10.3 Å². The van der Waals surface area contributed by atoms with Gasteiger partial charge in [-0.1, -0.05) is 0 Å². The number of pyridine rings is 1. The number of hydrogen-bond acceptors (Lipinski definition) is 4. The highest BCUT2D eigenvalue weighted by molar-refractivity contribution is 7.09. The summed E-state index contributed by atoms with van der Waals surface area (Å²) < 4.78 is 1.55. The van der Waals surface area contributed by atoms with Crippen molar-refractivity contribution in [1.29, 1.82) is 0 Å². The van der Waals surface area contributed by atoms with Gasteiger partial charge in [0.15, 0.2) is 0 Å². The summed E-state index contributed by atoms with van der Waals surface area (Å²) in [6.07, 6.45) is 3.61. The van der Waals surface area contributed by atoms with Crippen LogP contribution in [0.3, 0.4) is 0 Å². The van der Waals surface area contributed by atoms with E-state index in [4.69, 9.17) is 0 Å². The maximum atomic E-state index is 11.1. The first-order valence-electron chi connectivity index (χ1n) is 4.53. The molecule has 0 aliphatic rings. The summed E-state index contributed by atoms with van der Waals surface area (Å²) in [7, 11) is 1.74. The van der Waals surface area contributed by atoms with Crippen molar-refractivity contribution in [2.75, 3.05) is 5.32 Å². The molecule has 0 atom stereocenters. The van der Waals surface area contributed by atoms with Crippen LogP contribution in [0.2, 0.25) is 0 Å². The van der Waals surface area contributed by atoms with Gasteiger partial charge in [-0.05, 0) is 6.07 Å². The topological polar surface area (TPSA) is 46.9 Å². The van der Waals surface area contributed by atoms with Crippen LogP contribution in [0.25, 0.3) is 0 Å². The summed E-state index contributed by atoms with van der Waals surface area (Å²) in [5.74, 6) is 0. The molecule has 2 aromatic rings. The molecule has 0 amide bonds. The zero-order valence-corrected chi connectivity index (χ0v) is 9.12. The van der Waals surface area contributed by atoms with Gasteiger partial charge < -0.3 is 9.88 Å². The van der Waals surface area contributed by atoms with Crippen molar-refractivity contribution < 1.29 is 0 Å². The van der Waals surface area contributed by atoms with Gasteiger partial charge in [0.1, 0.15) is 0 Å². The smallest absolute Gasteiger partial charge is 0.250 e. The lowest BCUT2D eigenvalue weighted by Gasteiger charge is -2.05. The van der Waals surface area contributed by atoms with Crippen molar-refractivity contribution in [3.8, 4) is 0 Å². The maximum Gasteiger partial charge on any atom is 0.250 e. The standard InChI is InChI=1S/C10H11N3OS/c1-13-6-8(2-3-10(13)14)12-5-9-4-11-7-15-9/h2-4,6-7,12H,5H2,1H3. The van der Waals surface area contributed by atoms with E-state index in [0.717, 1.165) is 12.2 Å². The highest BCUT2D eigenvalue weighted by Crippen LogP contribution is 2.09. The van der Waals surface area contributed by atoms with Gasteiger partial charge in [0.05, 0.1) is 17.7 Å². The Balaban J connectivity index is 2.05. The number of nitrogens with one attached hydrogen (secondary N) is 1. The first-order chi connectivity index (χ1) is 7.25. The van der Waals surface area contributed by atoms with Crippen LogP contribution < -0.4 is 10.9 Å². The first-order valence-corrected chi connectivity index (χ1v) is 5.41. The molecular weight excluding hydrogens is 210 g/mol. The van der Waals surface area contributed by atoms with Gasteiger partial charge in [-0.15, -0.1) is 11.3 Å². The Morgan fingerprint density at radius 2 is 2.40 bits per heavy atom. The Kier molecular flexibility index (Phi) is 2.82. The summed E-state index contributed by atoms with van der Waals surface area (Å²) in [5.41, 5.74) is 2.74. The summed E-state index contributed by atoms with van der Waals surface area (Å²) >= 11 is 1.61. The molecule has 2 rings (SSSR count). The molecule has 0 aliphatic carbocycles. The number of thiazole rings is 1. The third kappa shape index (κ3) is 2.44. The first kappa shape index (κ1) is 9.92. The van der Waals surface area contributed by atoms with Gasteiger partial charge in [-0.3, -0.25) is 9.78 Å². The Morgan fingerprint density at radius 3 is 3.07 bits per heavy atom. The Morgan fingerprint density at radius 1 is 1.53 bits per heavy atom. The quantitative estimate of drug-likeness (QED) is 0.853. The van der Waals surface area contributed by atoms with E-state index in [1.54, 1.807) is 46.8 Å². The SMILES string of the molecule is Cn1cc(NCc2cncs2)ccc1=O. The average Bonchev–Trinajstić information content (AvgIpc) is 2.73. The lowest BCUT2D eigenvalue weighted by atomic mass is 10.4. The summed E-state index contributed by atoms with van der Waals surface area (Å²) in [6.45, 7) is 0.739. The van der Waals surface area contributed by atoms with Crippen LogP contribution in [0.1, 0.15) is 4.88 Å². The summed E-state index contributed by atoms with van der Waals surface area (Å²) in [6, 6.07) is 3.33. The second kappa shape index (κ2) is 4.27. The van der Waals surface area contributed by atoms with Gasteiger partial charge >= 0.3 is 0 Å². The number of aromatic nitrogens is 2. The van der Waals surface area contributed by atoms with E-state index in [0.29, 0.717) is 0 Å². The monoisotopic (exact) mass is 221 g/mol. The van der Waals surface area contributed by atoms with Crippen molar-refractivity contribution in [3.05, 3.63) is 45.3 Å². The molecule has 4 nitrogen and oxygen atoms in total. The van der Waals surface area contributed by atoms with Crippen molar-refractivity contribution in [2.45, 2.75) is 6.54 Å². The van der Waals surface area contributed by atoms with Gasteiger partial charge in [-0.25, -0.2) is 0 Å². The molecule has 2 aromatic heterocycles. The lowest BCUT2D eigenvalue weighted by molar-refractivity contribution is 0.859. The second-order valence-corrected chi connectivity index (χ2v) is 4.16. The second-order valence-electron chi connectivity index (χ2n) is 3.19. The van der Waals surface area contributed by atoms with Crippen LogP contribution in [0.4, 0.5) is 5.69 Å². The molecule has 1 N–H and O–H groups in total. The van der Waals surface area contributed by atoms with Gasteiger partial charge in [0.25, 0.3) is 0 Å². The zero-order valence-electron chi connectivity index (χ0n) is 8.30. The zero-order chi connectivity index (χ0) is 10.7. The maximum absolute atomic E-state index is 11.1. The van der Waals surface area contributed by atoms with Gasteiger partial charge in [-0.2, -0.15) is 0 Å². The third-order valence-electron chi connectivity index (χ3n) is 2.04. The molecule has 0 saturated carbocycles. The largest absolute Gasteiger partial charge is 0.379 e. The fraction of sp³-hybridized carbons (Fsp3) is 0.200. The van der Waals surface area contributed by atoms with Crippen LogP contribution in [-0.2, 0) is 13.6 Å². The molecule has 0 radical (unpaired) electrons. The molecule has 0 aliphatic heterocycles. The van der Waals surface area contributed by atoms with Gasteiger partial charge in [0.2, 0.25) is 5.56 Å². The van der Waals surface area contributed by atoms with Gasteiger partial charge in [0, 0.05) is 30.4 Å². The lowest BCUT2D eigenvalue weighted by Crippen LogP contribution is -2.15. The number of rotatable bonds is 3. The predicted molar refractivity (Wildman–Crippen MR) is 61.1 cm³/mol. The van der Waals surface area contributed by atoms with Crippen LogP contribution in [0.5, 0.6) is 0 Å². The minimum Gasteiger partial charge on any atom is -0.379 e. The molecule has 2 heterocycles. The molecular formula is C10H11N3OS. The molecule has 0 bridgehead atoms. The normalized spacial score (nSPS) is 10.2. The van der Waals surface area contributed by atoms with Crippen LogP contribution >= 0.6 is 11.3 Å². The molecule has 0 fully saturated rings. The summed E-state index contributed by atoms with van der Waals surface area (Å²) in [5, 5.41) is 3.23. The highest BCUT2D eigenvalue weighted by Gasteiger charge is 1.96. The molecule has 0 saturated heterocycles. The van der Waals surface area contributed by atoms with Crippen molar-refractivity contribution in [1.82, 2.24) is 9.55 Å². The van der Waals surface area contributed by atoms with Crippen LogP contribution in [0, 0.1) is 0 Å². The van der Waals surface area contributed by atoms with Crippen LogP contribution in [0.15, 0.2) is 34.8 Å². The van der Waals surface area contributed by atoms with Crippen molar-refractivity contribution in [2.24, 2.45) is 7.05 Å². The minimum atomic E-state index is -0.00154. The molecule has 5 heteroatoms. The van der Waals surface area contributed by atoms with Crippen molar-refractivity contribution >= 4 is 17.0 Å². The Hall–Kier alpha value is -1.62. The highest BCUT2D eigenvalue weighted by atomic mass is 32.1. The summed E-state index contributed by atoms with van der Waals surface area (Å²) in [4.78, 5) is 16.3. The molecule has 0 unspecified atom stereocenters. The minimum absolute atomic E-state index is 0.00154. The van der Waals surface area contributed by atoms with E-state index in [-0.39, 0.29) is 5.56 Å². The third-order valence-corrected chi connectivity index (χ3v) is 2.82. The number of nitrogens with zero attached hydrogens (tertiary/aromatic N) is 2. The van der Waals surface area contributed by atoms with E-state index in [1.165, 1.54) is 4.88 Å². The number of anilines is 1. The van der Waals surface area contributed by atoms with E-state index in [1.807, 2.05) is 6.20 Å². The predicted octanol–water partition coefficient (Wildman–Crippen LogP) is 1.45. The van der Waals surface area contributed by atoms with E-state index < -0.39 is 0 Å². The van der Waals surface area contributed by atoms with Crippen molar-refractivity contribution in [3.63, 3.8) is 0 Å². The van der Waals surface area contributed by atoms with Crippen LogP contribution in [-0.4, -0.2) is 9.55 Å². The van der Waals surface area contributed by atoms with E-state index in [9.17, 15) is 4.79 Å². The fourth-order valence-electron chi connectivity index (χ4n) is 1.22. The molecule has 78 valence electrons. The van der Waals surface area contributed by atoms with E-state index >= 15 is 0 Å². The average molecular weight is 221 g/mol. The Bertz CT molecular complexity index is 490. The molecule has 0 aromatic carbocycles. The molecule has 15 heavy (non-hydrogen) atoms. The molecule has 0 spiro atoms. The number of aryl methyl sites for hydroxylation is 1.